The van der Waals surface area contributed by atoms with Gasteiger partial charge in [-0.1, -0.05) is 6.08 Å². The molecule has 120 valence electrons. The summed E-state index contributed by atoms with van der Waals surface area (Å²) < 4.78 is 11.2. The third-order valence-electron chi connectivity index (χ3n) is 3.15. The van der Waals surface area contributed by atoms with E-state index in [-0.39, 0.29) is 11.1 Å². The molecule has 1 heterocycles. The quantitative estimate of drug-likeness (QED) is 0.575. The van der Waals surface area contributed by atoms with Gasteiger partial charge in [-0.15, -0.1) is 0 Å². The number of halogens is 1. The Bertz CT molecular complexity index is 578. The molecule has 1 aliphatic rings. The summed E-state index contributed by atoms with van der Waals surface area (Å²) in [6, 6.07) is 5.77. The molecule has 4 nitrogen and oxygen atoms in total. The molecule has 1 aromatic rings. The van der Waals surface area contributed by atoms with Crippen LogP contribution in [0.25, 0.3) is 0 Å². The standard InChI is InChI=1S/C17H22BrNO3/c1-5-6-15(18)21-13-7-8-14-12(11-13)9-10-19(14)16(20)22-17(2,3)4/h5-8,11,15H,9-10H2,1-4H3. The number of carbonyl (C=O) groups is 1. The maximum Gasteiger partial charge on any atom is 0.414 e. The summed E-state index contributed by atoms with van der Waals surface area (Å²) in [6.07, 6.45) is 4.35. The van der Waals surface area contributed by atoms with E-state index in [1.807, 2.05) is 58.0 Å². The van der Waals surface area contributed by atoms with Crippen LogP contribution in [0.1, 0.15) is 33.3 Å². The van der Waals surface area contributed by atoms with Crippen LogP contribution in [0.5, 0.6) is 5.75 Å². The fourth-order valence-corrected chi connectivity index (χ4v) is 2.80. The lowest BCUT2D eigenvalue weighted by molar-refractivity contribution is 0.0584. The molecule has 0 fully saturated rings. The zero-order valence-corrected chi connectivity index (χ0v) is 15.0. The van der Waals surface area contributed by atoms with E-state index in [9.17, 15) is 4.79 Å². The Labute approximate surface area is 140 Å². The molecular formula is C17H22BrNO3. The smallest absolute Gasteiger partial charge is 0.414 e. The lowest BCUT2D eigenvalue weighted by Gasteiger charge is -2.24. The molecule has 1 amide bonds. The highest BCUT2D eigenvalue weighted by molar-refractivity contribution is 9.09. The van der Waals surface area contributed by atoms with Gasteiger partial charge in [-0.3, -0.25) is 4.90 Å². The summed E-state index contributed by atoms with van der Waals surface area (Å²) >= 11 is 3.43. The molecule has 1 aliphatic heterocycles. The van der Waals surface area contributed by atoms with Crippen LogP contribution in [0.15, 0.2) is 30.4 Å². The molecule has 1 unspecified atom stereocenters. The van der Waals surface area contributed by atoms with Crippen molar-refractivity contribution < 1.29 is 14.3 Å². The van der Waals surface area contributed by atoms with Gasteiger partial charge in [-0.2, -0.15) is 0 Å². The molecule has 0 saturated heterocycles. The van der Waals surface area contributed by atoms with Crippen LogP contribution in [0.2, 0.25) is 0 Å². The van der Waals surface area contributed by atoms with Crippen molar-refractivity contribution in [1.82, 2.24) is 0 Å². The van der Waals surface area contributed by atoms with Crippen molar-refractivity contribution in [1.29, 1.82) is 0 Å². The third-order valence-corrected chi connectivity index (χ3v) is 3.64. The Morgan fingerprint density at radius 3 is 2.77 bits per heavy atom. The highest BCUT2D eigenvalue weighted by Crippen LogP contribution is 2.33. The van der Waals surface area contributed by atoms with Gasteiger partial charge in [0.05, 0.1) is 5.69 Å². The highest BCUT2D eigenvalue weighted by Gasteiger charge is 2.29. The van der Waals surface area contributed by atoms with E-state index in [1.54, 1.807) is 4.90 Å². The minimum Gasteiger partial charge on any atom is -0.475 e. The van der Waals surface area contributed by atoms with Crippen LogP contribution < -0.4 is 9.64 Å². The third kappa shape index (κ3) is 4.26. The molecule has 0 spiro atoms. The average Bonchev–Trinajstić information content (AvgIpc) is 2.80. The largest absolute Gasteiger partial charge is 0.475 e. The number of alkyl halides is 1. The molecule has 1 atom stereocenters. The summed E-state index contributed by atoms with van der Waals surface area (Å²) in [4.78, 5) is 13.9. The summed E-state index contributed by atoms with van der Waals surface area (Å²) in [5.74, 6) is 0.782. The fraction of sp³-hybridized carbons (Fsp3) is 0.471. The number of amides is 1. The number of carbonyl (C=O) groups excluding carboxylic acids is 1. The topological polar surface area (TPSA) is 38.8 Å². The molecule has 0 aromatic heterocycles. The Hall–Kier alpha value is -1.49. The van der Waals surface area contributed by atoms with Crippen molar-refractivity contribution in [3.8, 4) is 5.75 Å². The Morgan fingerprint density at radius 1 is 1.41 bits per heavy atom. The number of fused-ring (bicyclic) bond motifs is 1. The molecule has 1 aromatic carbocycles. The van der Waals surface area contributed by atoms with E-state index in [1.165, 1.54) is 0 Å². The summed E-state index contributed by atoms with van der Waals surface area (Å²) in [6.45, 7) is 8.20. The summed E-state index contributed by atoms with van der Waals surface area (Å²) in [7, 11) is 0. The normalized spacial score (nSPS) is 15.8. The van der Waals surface area contributed by atoms with Crippen LogP contribution in [-0.4, -0.2) is 23.3 Å². The van der Waals surface area contributed by atoms with Crippen LogP contribution in [0.3, 0.4) is 0 Å². The summed E-state index contributed by atoms with van der Waals surface area (Å²) in [5, 5.41) is -0.154. The van der Waals surface area contributed by atoms with Crippen molar-refractivity contribution in [3.63, 3.8) is 0 Å². The predicted molar refractivity (Wildman–Crippen MR) is 91.9 cm³/mol. The molecule has 5 heteroatoms. The number of ether oxygens (including phenoxy) is 2. The van der Waals surface area contributed by atoms with E-state index in [2.05, 4.69) is 15.9 Å². The van der Waals surface area contributed by atoms with Gasteiger partial charge in [0.2, 0.25) is 0 Å². The first-order valence-electron chi connectivity index (χ1n) is 7.37. The van der Waals surface area contributed by atoms with E-state index < -0.39 is 5.60 Å². The van der Waals surface area contributed by atoms with Crippen LogP contribution >= 0.6 is 15.9 Å². The molecule has 2 rings (SSSR count). The van der Waals surface area contributed by atoms with E-state index in [0.717, 1.165) is 23.4 Å². The minimum atomic E-state index is -0.488. The first-order valence-corrected chi connectivity index (χ1v) is 8.29. The fourth-order valence-electron chi connectivity index (χ4n) is 2.28. The lowest BCUT2D eigenvalue weighted by Crippen LogP contribution is -2.35. The Kier molecular flexibility index (Phi) is 5.16. The van der Waals surface area contributed by atoms with Gasteiger partial charge in [-0.25, -0.2) is 4.79 Å². The summed E-state index contributed by atoms with van der Waals surface area (Å²) in [5.41, 5.74) is 1.51. The molecule has 0 radical (unpaired) electrons. The molecule has 0 aliphatic carbocycles. The second kappa shape index (κ2) is 6.73. The van der Waals surface area contributed by atoms with Gasteiger partial charge >= 0.3 is 6.09 Å². The SMILES string of the molecule is CC=CC(Br)Oc1ccc2c(c1)CCN2C(=O)OC(C)(C)C. The van der Waals surface area contributed by atoms with Gasteiger partial charge in [0.25, 0.3) is 0 Å². The van der Waals surface area contributed by atoms with Crippen molar-refractivity contribution in [2.24, 2.45) is 0 Å². The monoisotopic (exact) mass is 367 g/mol. The first-order chi connectivity index (χ1) is 10.3. The van der Waals surface area contributed by atoms with Gasteiger partial charge in [-0.05, 0) is 79.9 Å². The number of rotatable bonds is 3. The molecule has 0 bridgehead atoms. The van der Waals surface area contributed by atoms with Crippen LogP contribution in [0, 0.1) is 0 Å². The van der Waals surface area contributed by atoms with E-state index >= 15 is 0 Å². The molecule has 0 saturated carbocycles. The number of hydrogen-bond acceptors (Lipinski definition) is 3. The van der Waals surface area contributed by atoms with Gasteiger partial charge in [0, 0.05) is 6.54 Å². The zero-order chi connectivity index (χ0) is 16.3. The second-order valence-corrected chi connectivity index (χ2v) is 7.07. The first kappa shape index (κ1) is 16.9. The number of hydrogen-bond donors (Lipinski definition) is 0. The second-order valence-electron chi connectivity index (χ2n) is 6.17. The van der Waals surface area contributed by atoms with Crippen LogP contribution in [0.4, 0.5) is 10.5 Å². The number of allylic oxidation sites excluding steroid dienone is 1. The van der Waals surface area contributed by atoms with Crippen molar-refractivity contribution in [3.05, 3.63) is 35.9 Å². The number of nitrogens with zero attached hydrogens (tertiary/aromatic N) is 1. The van der Waals surface area contributed by atoms with Crippen molar-refractivity contribution in [2.75, 3.05) is 11.4 Å². The molecule has 0 N–H and O–H groups in total. The minimum absolute atomic E-state index is 0.154. The van der Waals surface area contributed by atoms with Crippen molar-refractivity contribution >= 4 is 27.7 Å². The van der Waals surface area contributed by atoms with Gasteiger partial charge in [0.15, 0.2) is 5.01 Å². The van der Waals surface area contributed by atoms with Gasteiger partial charge < -0.3 is 9.47 Å². The number of anilines is 1. The molecule has 22 heavy (non-hydrogen) atoms. The van der Waals surface area contributed by atoms with Crippen LogP contribution in [-0.2, 0) is 11.2 Å². The Morgan fingerprint density at radius 2 is 2.14 bits per heavy atom. The molecular weight excluding hydrogens is 346 g/mol. The van der Waals surface area contributed by atoms with E-state index in [4.69, 9.17) is 9.47 Å². The predicted octanol–water partition coefficient (Wildman–Crippen LogP) is 4.66. The van der Waals surface area contributed by atoms with Crippen molar-refractivity contribution in [2.45, 2.75) is 44.7 Å². The maximum atomic E-state index is 12.2. The zero-order valence-electron chi connectivity index (χ0n) is 13.4. The Balaban J connectivity index is 2.12. The average molecular weight is 368 g/mol. The van der Waals surface area contributed by atoms with Gasteiger partial charge in [0.1, 0.15) is 11.4 Å². The number of benzene rings is 1. The lowest BCUT2D eigenvalue weighted by atomic mass is 10.1. The maximum absolute atomic E-state index is 12.2. The highest BCUT2D eigenvalue weighted by atomic mass is 79.9. The van der Waals surface area contributed by atoms with E-state index in [0.29, 0.717) is 6.54 Å².